The molecule has 1 heterocycles. The normalized spacial score (nSPS) is 13.5. The first kappa shape index (κ1) is 39.1. The largest absolute Gasteiger partial charge is 0.399 e. The van der Waals surface area contributed by atoms with E-state index in [0.717, 1.165) is 117 Å². The minimum atomic E-state index is 0.733. The predicted octanol–water partition coefficient (Wildman–Crippen LogP) is 11.4. The summed E-state index contributed by atoms with van der Waals surface area (Å²) in [6, 6.07) is 33.7. The number of allylic oxidation sites excluding steroid dienone is 3. The van der Waals surface area contributed by atoms with E-state index in [4.69, 9.17) is 21.4 Å². The Kier molecular flexibility index (Phi) is 12.5. The Bertz CT molecular complexity index is 2450. The van der Waals surface area contributed by atoms with E-state index in [0.29, 0.717) is 0 Å². The highest BCUT2D eigenvalue weighted by atomic mass is 15.0. The molecule has 0 aliphatic heterocycles. The number of hydrogen-bond acceptors (Lipinski definition) is 7. The van der Waals surface area contributed by atoms with E-state index in [1.807, 2.05) is 44.2 Å². The molecule has 0 fully saturated rings. The second kappa shape index (κ2) is 18.2. The summed E-state index contributed by atoms with van der Waals surface area (Å²) in [5.74, 6) is 0. The van der Waals surface area contributed by atoms with Crippen LogP contribution in [0.1, 0.15) is 75.0 Å². The topological polar surface area (TPSA) is 117 Å². The van der Waals surface area contributed by atoms with Crippen molar-refractivity contribution in [2.24, 2.45) is 10.7 Å². The minimum Gasteiger partial charge on any atom is -0.399 e. The molecule has 1 aliphatic carbocycles. The van der Waals surface area contributed by atoms with Crippen LogP contribution in [0.3, 0.4) is 0 Å². The molecular weight excluding hydrogens is 701 g/mol. The first-order valence-electron chi connectivity index (χ1n) is 20.5. The Morgan fingerprint density at radius 1 is 0.667 bits per heavy atom. The number of rotatable bonds is 16. The van der Waals surface area contributed by atoms with Crippen molar-refractivity contribution < 1.29 is 4.57 Å². The first-order valence-corrected chi connectivity index (χ1v) is 20.5. The van der Waals surface area contributed by atoms with E-state index in [1.54, 1.807) is 0 Å². The smallest absolute Gasteiger partial charge is 0.239 e. The van der Waals surface area contributed by atoms with E-state index in [9.17, 15) is 0 Å². The fourth-order valence-corrected chi connectivity index (χ4v) is 7.61. The SMILES string of the molecule is CC1=CC(=Nc2ccc(NCCCCCCCCCNc3cc4c(cc3C)nc3cc(C)c(N)cc3[n+]4-c3ccccc3)c(C)c2Nc2ccccc2)CC=C1N. The number of nitrogens with zero attached hydrogens (tertiary/aromatic N) is 3. The van der Waals surface area contributed by atoms with E-state index >= 15 is 0 Å². The van der Waals surface area contributed by atoms with Gasteiger partial charge < -0.3 is 27.4 Å². The molecule has 0 radical (unpaired) electrons. The fourth-order valence-electron chi connectivity index (χ4n) is 7.61. The molecule has 57 heavy (non-hydrogen) atoms. The van der Waals surface area contributed by atoms with Crippen molar-refractivity contribution in [1.29, 1.82) is 0 Å². The molecule has 292 valence electrons. The lowest BCUT2D eigenvalue weighted by Gasteiger charge is -2.18. The van der Waals surface area contributed by atoms with Gasteiger partial charge in [-0.05, 0) is 105 Å². The molecule has 5 aromatic carbocycles. The Balaban J connectivity index is 0.884. The molecule has 0 saturated heterocycles. The molecule has 1 aromatic heterocycles. The van der Waals surface area contributed by atoms with E-state index in [1.165, 1.54) is 43.2 Å². The molecule has 8 heteroatoms. The molecule has 6 aromatic rings. The number of anilines is 5. The number of unbranched alkanes of at least 4 members (excludes halogenated alkanes) is 6. The Morgan fingerprint density at radius 2 is 1.28 bits per heavy atom. The van der Waals surface area contributed by atoms with Crippen molar-refractivity contribution in [3.05, 3.63) is 137 Å². The summed E-state index contributed by atoms with van der Waals surface area (Å²) in [6.07, 6.45) is 13.4. The van der Waals surface area contributed by atoms with Crippen LogP contribution >= 0.6 is 0 Å². The number of aryl methyl sites for hydroxylation is 2. The predicted molar refractivity (Wildman–Crippen MR) is 243 cm³/mol. The number of nitrogens with two attached hydrogens (primary N) is 2. The highest BCUT2D eigenvalue weighted by Gasteiger charge is 2.22. The van der Waals surface area contributed by atoms with Gasteiger partial charge in [0.15, 0.2) is 0 Å². The van der Waals surface area contributed by atoms with Gasteiger partial charge in [-0.2, -0.15) is 0 Å². The zero-order valence-electron chi connectivity index (χ0n) is 34.0. The zero-order chi connectivity index (χ0) is 39.7. The van der Waals surface area contributed by atoms with Crippen LogP contribution in [0.5, 0.6) is 0 Å². The number of hydrogen-bond donors (Lipinski definition) is 5. The van der Waals surface area contributed by atoms with Crippen molar-refractivity contribution in [3.8, 4) is 5.69 Å². The number of fused-ring (bicyclic) bond motifs is 2. The molecule has 0 amide bonds. The number of para-hydroxylation sites is 2. The highest BCUT2D eigenvalue weighted by Crippen LogP contribution is 2.37. The third kappa shape index (κ3) is 9.46. The minimum absolute atomic E-state index is 0.733. The van der Waals surface area contributed by atoms with Crippen molar-refractivity contribution in [3.63, 3.8) is 0 Å². The second-order valence-corrected chi connectivity index (χ2v) is 15.4. The van der Waals surface area contributed by atoms with Crippen LogP contribution in [0.4, 0.5) is 34.1 Å². The standard InChI is InChI=1S/C49H56N8/c1-33-28-38(22-23-40(33)50)54-43-25-24-42(36(4)49(43)55-37-18-12-10-13-19-37)52-26-16-8-6-5-7-9-17-27-53-44-32-48-46(30-35(44)3)56-45-29-34(2)41(51)31-47(45)57(48)39-20-14-11-15-21-39/h10-15,18-21,23-25,28-32,52,55H,5-9,16-17,22,26-27,50H2,1-4H3,(H2,51,53)/p+1. The summed E-state index contributed by atoms with van der Waals surface area (Å²) in [6.45, 7) is 10.3. The number of aliphatic imine (C=N–C) groups is 1. The van der Waals surface area contributed by atoms with Crippen LogP contribution in [0.15, 0.2) is 125 Å². The number of nitrogens with one attached hydrogen (secondary N) is 3. The Labute approximate surface area is 337 Å². The van der Waals surface area contributed by atoms with Gasteiger partial charge in [0.1, 0.15) is 11.0 Å². The summed E-state index contributed by atoms with van der Waals surface area (Å²) >= 11 is 0. The Hall–Kier alpha value is -6.15. The number of nitrogen functional groups attached to an aromatic ring is 1. The average Bonchev–Trinajstić information content (AvgIpc) is 3.21. The van der Waals surface area contributed by atoms with Gasteiger partial charge in [-0.25, -0.2) is 4.98 Å². The van der Waals surface area contributed by atoms with Crippen LogP contribution in [0.25, 0.3) is 27.8 Å². The number of benzene rings is 5. The van der Waals surface area contributed by atoms with Gasteiger partial charge in [-0.1, -0.05) is 74.6 Å². The van der Waals surface area contributed by atoms with E-state index in [2.05, 4.69) is 113 Å². The van der Waals surface area contributed by atoms with Crippen molar-refractivity contribution in [2.45, 2.75) is 79.1 Å². The van der Waals surface area contributed by atoms with Crippen LogP contribution in [0, 0.1) is 20.8 Å². The molecule has 0 unspecified atom stereocenters. The lowest BCUT2D eigenvalue weighted by atomic mass is 10.0. The van der Waals surface area contributed by atoms with Gasteiger partial charge >= 0.3 is 0 Å². The van der Waals surface area contributed by atoms with Crippen molar-refractivity contribution >= 4 is 61.9 Å². The van der Waals surface area contributed by atoms with Gasteiger partial charge in [0, 0.05) is 77.9 Å². The van der Waals surface area contributed by atoms with Crippen molar-refractivity contribution in [1.82, 2.24) is 4.98 Å². The summed E-state index contributed by atoms with van der Waals surface area (Å²) < 4.78 is 2.29. The maximum Gasteiger partial charge on any atom is 0.239 e. The third-order valence-corrected chi connectivity index (χ3v) is 11.0. The monoisotopic (exact) mass is 757 g/mol. The van der Waals surface area contributed by atoms with E-state index in [-0.39, 0.29) is 0 Å². The second-order valence-electron chi connectivity index (χ2n) is 15.4. The molecular formula is C49H57N8+. The van der Waals surface area contributed by atoms with Crippen LogP contribution in [-0.4, -0.2) is 23.8 Å². The molecule has 8 nitrogen and oxygen atoms in total. The fraction of sp³-hybridized carbons (Fsp3) is 0.286. The molecule has 7 N–H and O–H groups in total. The van der Waals surface area contributed by atoms with E-state index < -0.39 is 0 Å². The molecule has 0 spiro atoms. The maximum absolute atomic E-state index is 6.39. The van der Waals surface area contributed by atoms with Crippen LogP contribution in [-0.2, 0) is 0 Å². The van der Waals surface area contributed by atoms with Gasteiger partial charge in [-0.3, -0.25) is 4.99 Å². The quantitative estimate of drug-likeness (QED) is 0.0290. The summed E-state index contributed by atoms with van der Waals surface area (Å²) in [7, 11) is 0. The molecule has 0 saturated carbocycles. The van der Waals surface area contributed by atoms with Gasteiger partial charge in [0.25, 0.3) is 0 Å². The lowest BCUT2D eigenvalue weighted by Crippen LogP contribution is -2.33. The maximum atomic E-state index is 6.39. The van der Waals surface area contributed by atoms with Gasteiger partial charge in [0.2, 0.25) is 16.7 Å². The highest BCUT2D eigenvalue weighted by molar-refractivity contribution is 6.01. The van der Waals surface area contributed by atoms with Crippen molar-refractivity contribution in [2.75, 3.05) is 34.8 Å². The zero-order valence-corrected chi connectivity index (χ0v) is 34.0. The average molecular weight is 758 g/mol. The summed E-state index contributed by atoms with van der Waals surface area (Å²) in [5, 5.41) is 11.1. The Morgan fingerprint density at radius 3 is 1.96 bits per heavy atom. The lowest BCUT2D eigenvalue weighted by molar-refractivity contribution is -0.538. The molecule has 7 rings (SSSR count). The molecule has 1 aliphatic rings. The third-order valence-electron chi connectivity index (χ3n) is 11.0. The molecule has 0 bridgehead atoms. The first-order chi connectivity index (χ1) is 27.7. The molecule has 0 atom stereocenters. The van der Waals surface area contributed by atoms with Gasteiger partial charge in [-0.15, -0.1) is 4.57 Å². The van der Waals surface area contributed by atoms with Crippen LogP contribution in [0.2, 0.25) is 0 Å². The summed E-state index contributed by atoms with van der Waals surface area (Å²) in [4.78, 5) is 10.1. The number of aromatic nitrogens is 2. The van der Waals surface area contributed by atoms with Gasteiger partial charge in [0.05, 0.1) is 11.4 Å². The summed E-state index contributed by atoms with van der Waals surface area (Å²) in [5.41, 5.74) is 30.0. The van der Waals surface area contributed by atoms with Crippen LogP contribution < -0.4 is 32.0 Å².